The predicted octanol–water partition coefficient (Wildman–Crippen LogP) is 1.69. The Bertz CT molecular complexity index is 816. The monoisotopic (exact) mass is 343 g/mol. The zero-order valence-corrected chi connectivity index (χ0v) is 13.7. The van der Waals surface area contributed by atoms with Crippen molar-refractivity contribution in [3.8, 4) is 0 Å². The highest BCUT2D eigenvalue weighted by Crippen LogP contribution is 2.28. The Hall–Kier alpha value is -2.06. The Labute approximate surface area is 133 Å². The molecule has 7 nitrogen and oxygen atoms in total. The fourth-order valence-corrected chi connectivity index (χ4v) is 3.47. The second-order valence-corrected chi connectivity index (χ2v) is 6.83. The second kappa shape index (κ2) is 5.98. The number of hydrogen-bond donors (Lipinski definition) is 0. The summed E-state index contributed by atoms with van der Waals surface area (Å²) in [7, 11) is 0.340. The number of nitrogens with zero attached hydrogens (tertiary/aromatic N) is 3. The van der Waals surface area contributed by atoms with Crippen molar-refractivity contribution in [2.75, 3.05) is 18.5 Å². The van der Waals surface area contributed by atoms with E-state index in [4.69, 9.17) is 11.6 Å². The first-order valence-electron chi connectivity index (χ1n) is 6.13. The summed E-state index contributed by atoms with van der Waals surface area (Å²) in [5.74, 6) is -0.642. The third-order valence-electron chi connectivity index (χ3n) is 3.05. The molecule has 0 atom stereocenters. The van der Waals surface area contributed by atoms with E-state index in [-0.39, 0.29) is 15.5 Å². The van der Waals surface area contributed by atoms with Gasteiger partial charge in [-0.3, -0.25) is 8.99 Å². The van der Waals surface area contributed by atoms with E-state index in [0.29, 0.717) is 5.69 Å². The van der Waals surface area contributed by atoms with Crippen LogP contribution in [-0.4, -0.2) is 38.3 Å². The molecule has 0 spiro atoms. The third kappa shape index (κ3) is 2.93. The van der Waals surface area contributed by atoms with E-state index in [9.17, 15) is 13.2 Å². The van der Waals surface area contributed by atoms with Crippen molar-refractivity contribution in [1.29, 1.82) is 0 Å². The molecule has 1 aromatic heterocycles. The van der Waals surface area contributed by atoms with Crippen molar-refractivity contribution in [2.24, 2.45) is 7.05 Å². The summed E-state index contributed by atoms with van der Waals surface area (Å²) in [6.07, 6.45) is 2.96. The number of aromatic nitrogens is 2. The zero-order chi connectivity index (χ0) is 16.5. The molecule has 0 bridgehead atoms. The van der Waals surface area contributed by atoms with Crippen LogP contribution in [0.15, 0.2) is 35.5 Å². The Morgan fingerprint density at radius 3 is 2.64 bits per heavy atom. The van der Waals surface area contributed by atoms with Crippen LogP contribution >= 0.6 is 11.6 Å². The molecule has 1 heterocycles. The molecule has 22 heavy (non-hydrogen) atoms. The standard InChI is InChI=1S/C13H14ClN3O4S/c1-16-8-10(7-15-16)17(2)22(19,20)12-6-9(13(18)21-3)4-5-11(12)14/h4-8H,1-3H3. The Kier molecular flexibility index (Phi) is 4.43. The SMILES string of the molecule is COC(=O)c1ccc(Cl)c(S(=O)(=O)N(C)c2cnn(C)c2)c1. The number of anilines is 1. The first-order chi connectivity index (χ1) is 10.3. The molecule has 2 rings (SSSR count). The van der Waals surface area contributed by atoms with E-state index in [2.05, 4.69) is 9.84 Å². The van der Waals surface area contributed by atoms with E-state index in [0.717, 1.165) is 4.31 Å². The number of sulfonamides is 1. The van der Waals surface area contributed by atoms with Crippen LogP contribution in [0.25, 0.3) is 0 Å². The highest BCUT2D eigenvalue weighted by molar-refractivity contribution is 7.93. The van der Waals surface area contributed by atoms with Gasteiger partial charge in [0.05, 0.1) is 29.6 Å². The first-order valence-corrected chi connectivity index (χ1v) is 7.94. The third-order valence-corrected chi connectivity index (χ3v) is 5.31. The highest BCUT2D eigenvalue weighted by atomic mass is 35.5. The number of hydrogen-bond acceptors (Lipinski definition) is 5. The van der Waals surface area contributed by atoms with Crippen LogP contribution in [0, 0.1) is 0 Å². The molecule has 2 aromatic rings. The van der Waals surface area contributed by atoms with E-state index in [1.165, 1.54) is 43.2 Å². The molecule has 9 heteroatoms. The lowest BCUT2D eigenvalue weighted by molar-refractivity contribution is 0.0600. The fraction of sp³-hybridized carbons (Fsp3) is 0.231. The van der Waals surface area contributed by atoms with E-state index < -0.39 is 16.0 Å². The molecule has 0 saturated heterocycles. The number of carbonyl (C=O) groups is 1. The number of halogens is 1. The van der Waals surface area contributed by atoms with Gasteiger partial charge >= 0.3 is 5.97 Å². The molecule has 1 aromatic carbocycles. The van der Waals surface area contributed by atoms with Crippen molar-refractivity contribution < 1.29 is 17.9 Å². The smallest absolute Gasteiger partial charge is 0.337 e. The van der Waals surface area contributed by atoms with E-state index in [1.807, 2.05) is 0 Å². The van der Waals surface area contributed by atoms with E-state index in [1.54, 1.807) is 13.2 Å². The topological polar surface area (TPSA) is 81.5 Å². The summed E-state index contributed by atoms with van der Waals surface area (Å²) in [5.41, 5.74) is 0.479. The van der Waals surface area contributed by atoms with Gasteiger partial charge in [0.25, 0.3) is 10.0 Å². The number of ether oxygens (including phenoxy) is 1. The predicted molar refractivity (Wildman–Crippen MR) is 81.6 cm³/mol. The number of carbonyl (C=O) groups excluding carboxylic acids is 1. The minimum atomic E-state index is -3.93. The van der Waals surface area contributed by atoms with Gasteiger partial charge in [0, 0.05) is 20.3 Å². The average molecular weight is 344 g/mol. The molecule has 0 amide bonds. The quantitative estimate of drug-likeness (QED) is 0.789. The van der Waals surface area contributed by atoms with Crippen molar-refractivity contribution >= 4 is 33.3 Å². The van der Waals surface area contributed by atoms with Crippen LogP contribution in [0.1, 0.15) is 10.4 Å². The molecule has 0 aliphatic carbocycles. The summed E-state index contributed by atoms with van der Waals surface area (Å²) in [6, 6.07) is 3.94. The molecule has 0 N–H and O–H groups in total. The number of aryl methyl sites for hydroxylation is 1. The molecule has 0 fully saturated rings. The molecule has 0 aliphatic heterocycles. The van der Waals surface area contributed by atoms with Gasteiger partial charge in [-0.25, -0.2) is 13.2 Å². The largest absolute Gasteiger partial charge is 0.465 e. The van der Waals surface area contributed by atoms with Gasteiger partial charge in [0.2, 0.25) is 0 Å². The van der Waals surface area contributed by atoms with Crippen LogP contribution in [0.2, 0.25) is 5.02 Å². The average Bonchev–Trinajstić information content (AvgIpc) is 2.92. The lowest BCUT2D eigenvalue weighted by Gasteiger charge is -2.18. The van der Waals surface area contributed by atoms with Gasteiger partial charge < -0.3 is 4.74 Å². The van der Waals surface area contributed by atoms with Crippen LogP contribution in [0.5, 0.6) is 0 Å². The van der Waals surface area contributed by atoms with Gasteiger partial charge in [-0.1, -0.05) is 11.6 Å². The van der Waals surface area contributed by atoms with Crippen LogP contribution in [0.3, 0.4) is 0 Å². The summed E-state index contributed by atoms with van der Waals surface area (Å²) in [5, 5.41) is 3.95. The molecule has 0 radical (unpaired) electrons. The summed E-state index contributed by atoms with van der Waals surface area (Å²) in [6.45, 7) is 0. The van der Waals surface area contributed by atoms with Gasteiger partial charge in [-0.05, 0) is 18.2 Å². The van der Waals surface area contributed by atoms with Crippen LogP contribution in [0.4, 0.5) is 5.69 Å². The maximum absolute atomic E-state index is 12.7. The highest BCUT2D eigenvalue weighted by Gasteiger charge is 2.26. The Morgan fingerprint density at radius 2 is 2.09 bits per heavy atom. The number of methoxy groups -OCH3 is 1. The van der Waals surface area contributed by atoms with Crippen molar-refractivity contribution in [3.63, 3.8) is 0 Å². The van der Waals surface area contributed by atoms with Crippen molar-refractivity contribution in [1.82, 2.24) is 9.78 Å². The first kappa shape index (κ1) is 16.3. The summed E-state index contributed by atoms with van der Waals surface area (Å²) >= 11 is 5.99. The molecular weight excluding hydrogens is 330 g/mol. The lowest BCUT2D eigenvalue weighted by Crippen LogP contribution is -2.26. The van der Waals surface area contributed by atoms with Crippen LogP contribution in [-0.2, 0) is 21.8 Å². The van der Waals surface area contributed by atoms with Crippen LogP contribution < -0.4 is 4.31 Å². The normalized spacial score (nSPS) is 11.3. The Balaban J connectivity index is 2.51. The molecule has 0 unspecified atom stereocenters. The maximum atomic E-state index is 12.7. The van der Waals surface area contributed by atoms with Gasteiger partial charge in [-0.15, -0.1) is 0 Å². The van der Waals surface area contributed by atoms with Crippen molar-refractivity contribution in [3.05, 3.63) is 41.2 Å². The molecule has 0 saturated carbocycles. The second-order valence-electron chi connectivity index (χ2n) is 4.48. The van der Waals surface area contributed by atoms with E-state index >= 15 is 0 Å². The molecule has 118 valence electrons. The zero-order valence-electron chi connectivity index (χ0n) is 12.1. The van der Waals surface area contributed by atoms with Gasteiger partial charge in [-0.2, -0.15) is 5.10 Å². The molecule has 0 aliphatic rings. The molecular formula is C13H14ClN3O4S. The number of rotatable bonds is 4. The minimum Gasteiger partial charge on any atom is -0.465 e. The minimum absolute atomic E-state index is 0.0170. The number of benzene rings is 1. The van der Waals surface area contributed by atoms with Gasteiger partial charge in [0.1, 0.15) is 4.90 Å². The lowest BCUT2D eigenvalue weighted by atomic mass is 10.2. The number of esters is 1. The van der Waals surface area contributed by atoms with Crippen molar-refractivity contribution in [2.45, 2.75) is 4.90 Å². The summed E-state index contributed by atoms with van der Waals surface area (Å²) in [4.78, 5) is 11.4. The summed E-state index contributed by atoms with van der Waals surface area (Å²) < 4.78 is 32.5. The Morgan fingerprint density at radius 1 is 1.41 bits per heavy atom. The van der Waals surface area contributed by atoms with Gasteiger partial charge in [0.15, 0.2) is 0 Å². The fourth-order valence-electron chi connectivity index (χ4n) is 1.80. The maximum Gasteiger partial charge on any atom is 0.337 e.